The molecule has 52 valence electrons. The van der Waals surface area contributed by atoms with Crippen molar-refractivity contribution in [2.24, 2.45) is 5.10 Å². The molecular weight excluding hydrogens is 118 g/mol. The first-order valence-corrected chi connectivity index (χ1v) is 2.78. The fourth-order valence-corrected chi connectivity index (χ4v) is 0.416. The van der Waals surface area contributed by atoms with Crippen molar-refractivity contribution in [3.05, 3.63) is 0 Å². The quantitative estimate of drug-likeness (QED) is 0.237. The summed E-state index contributed by atoms with van der Waals surface area (Å²) < 4.78 is 0. The Hall–Kier alpha value is -1.06. The second-order valence-electron chi connectivity index (χ2n) is 1.40. The van der Waals surface area contributed by atoms with Crippen LogP contribution in [0.25, 0.3) is 0 Å². The molecule has 0 unspecified atom stereocenters. The van der Waals surface area contributed by atoms with Crippen LogP contribution in [0.1, 0.15) is 13.3 Å². The average molecular weight is 129 g/mol. The van der Waals surface area contributed by atoms with E-state index in [1.54, 1.807) is 7.05 Å². The molecule has 0 aliphatic carbocycles. The lowest BCUT2D eigenvalue weighted by molar-refractivity contribution is -0.108. The van der Waals surface area contributed by atoms with Gasteiger partial charge in [-0.05, 0) is 0 Å². The van der Waals surface area contributed by atoms with Crippen LogP contribution in [0.4, 0.5) is 0 Å². The number of amidine groups is 1. The molecule has 4 nitrogen and oxygen atoms in total. The molecule has 0 fully saturated rings. The van der Waals surface area contributed by atoms with Crippen LogP contribution in [0.2, 0.25) is 0 Å². The van der Waals surface area contributed by atoms with Gasteiger partial charge < -0.3 is 10.7 Å². The highest BCUT2D eigenvalue weighted by Crippen LogP contribution is 1.75. The van der Waals surface area contributed by atoms with Crippen molar-refractivity contribution in [3.8, 4) is 0 Å². The molecular formula is C5H11N3O. The highest BCUT2D eigenvalue weighted by molar-refractivity contribution is 5.89. The summed E-state index contributed by atoms with van der Waals surface area (Å²) in [6.45, 7) is 1.91. The van der Waals surface area contributed by atoms with Crippen LogP contribution in [0.3, 0.4) is 0 Å². The topological polar surface area (TPSA) is 53.5 Å². The maximum Gasteiger partial charge on any atom is 0.212 e. The molecule has 0 radical (unpaired) electrons. The van der Waals surface area contributed by atoms with Gasteiger partial charge in [0.1, 0.15) is 5.84 Å². The summed E-state index contributed by atoms with van der Waals surface area (Å²) in [6, 6.07) is 0. The second-order valence-corrected chi connectivity index (χ2v) is 1.40. The second kappa shape index (κ2) is 5.08. The van der Waals surface area contributed by atoms with E-state index in [9.17, 15) is 4.79 Å². The van der Waals surface area contributed by atoms with Crippen LogP contribution in [0, 0.1) is 0 Å². The number of nitrogens with one attached hydrogen (secondary N) is 2. The lowest BCUT2D eigenvalue weighted by atomic mass is 10.4. The number of nitrogens with zero attached hydrogens (tertiary/aromatic N) is 1. The fraction of sp³-hybridized carbons (Fsp3) is 0.600. The summed E-state index contributed by atoms with van der Waals surface area (Å²) in [6.07, 6.45) is 1.33. The fourth-order valence-electron chi connectivity index (χ4n) is 0.416. The van der Waals surface area contributed by atoms with Crippen molar-refractivity contribution in [3.63, 3.8) is 0 Å². The zero-order valence-corrected chi connectivity index (χ0v) is 5.64. The van der Waals surface area contributed by atoms with Gasteiger partial charge in [-0.2, -0.15) is 5.10 Å². The van der Waals surface area contributed by atoms with Gasteiger partial charge in [0.2, 0.25) is 6.41 Å². The molecule has 0 atom stereocenters. The van der Waals surface area contributed by atoms with Crippen LogP contribution < -0.4 is 10.7 Å². The van der Waals surface area contributed by atoms with Crippen LogP contribution in [0.15, 0.2) is 5.10 Å². The molecule has 0 spiro atoms. The molecule has 0 aliphatic rings. The van der Waals surface area contributed by atoms with Crippen LogP contribution >= 0.6 is 0 Å². The van der Waals surface area contributed by atoms with Crippen molar-refractivity contribution >= 4 is 12.2 Å². The van der Waals surface area contributed by atoms with E-state index in [0.717, 1.165) is 6.42 Å². The Bertz CT molecular complexity index is 111. The molecule has 2 N–H and O–H groups in total. The number of rotatable bonds is 3. The van der Waals surface area contributed by atoms with E-state index in [1.807, 2.05) is 6.92 Å². The molecule has 0 aromatic heterocycles. The number of amides is 1. The first-order chi connectivity index (χ1) is 4.35. The number of carbonyl (C=O) groups is 1. The molecule has 4 heteroatoms. The third-order valence-corrected chi connectivity index (χ3v) is 0.807. The molecule has 1 amide bonds. The lowest BCUT2D eigenvalue weighted by Gasteiger charge is -1.97. The van der Waals surface area contributed by atoms with Crippen LogP contribution in [-0.4, -0.2) is 19.3 Å². The van der Waals surface area contributed by atoms with Crippen molar-refractivity contribution in [1.82, 2.24) is 10.7 Å². The Balaban J connectivity index is 3.65. The molecule has 0 bridgehead atoms. The van der Waals surface area contributed by atoms with E-state index in [4.69, 9.17) is 0 Å². The van der Waals surface area contributed by atoms with Gasteiger partial charge in [0, 0.05) is 13.5 Å². The molecule has 0 aliphatic heterocycles. The number of hydrogen-bond acceptors (Lipinski definition) is 3. The van der Waals surface area contributed by atoms with E-state index in [1.165, 1.54) is 0 Å². The minimum absolute atomic E-state index is 0.611. The predicted molar refractivity (Wildman–Crippen MR) is 36.0 cm³/mol. The molecule has 0 aromatic rings. The van der Waals surface area contributed by atoms with Crippen LogP contribution in [0.5, 0.6) is 0 Å². The first kappa shape index (κ1) is 7.94. The summed E-state index contributed by atoms with van der Waals surface area (Å²) in [5, 5.41) is 6.20. The van der Waals surface area contributed by atoms with Gasteiger partial charge in [-0.25, -0.2) is 0 Å². The van der Waals surface area contributed by atoms with E-state index < -0.39 is 0 Å². The third kappa shape index (κ3) is 3.52. The molecule has 0 saturated heterocycles. The zero-order valence-electron chi connectivity index (χ0n) is 5.64. The Morgan fingerprint density at radius 3 is 2.78 bits per heavy atom. The summed E-state index contributed by atoms with van der Waals surface area (Å²) >= 11 is 0. The molecule has 0 aromatic carbocycles. The van der Waals surface area contributed by atoms with Crippen molar-refractivity contribution in [1.29, 1.82) is 0 Å². The highest BCUT2D eigenvalue weighted by Gasteiger charge is 1.88. The van der Waals surface area contributed by atoms with Gasteiger partial charge in [-0.3, -0.25) is 4.79 Å². The minimum atomic E-state index is 0.611. The third-order valence-electron chi connectivity index (χ3n) is 0.807. The molecule has 0 rings (SSSR count). The predicted octanol–water partition coefficient (Wildman–Crippen LogP) is -0.325. The summed E-state index contributed by atoms with van der Waals surface area (Å²) in [5.74, 6) is 0.646. The zero-order chi connectivity index (χ0) is 7.11. The van der Waals surface area contributed by atoms with Crippen molar-refractivity contribution < 1.29 is 4.79 Å². The minimum Gasteiger partial charge on any atom is -0.315 e. The first-order valence-electron chi connectivity index (χ1n) is 2.78. The summed E-state index contributed by atoms with van der Waals surface area (Å²) in [5.41, 5.74) is 2.57. The van der Waals surface area contributed by atoms with Crippen LogP contribution in [-0.2, 0) is 4.79 Å². The standard InChI is InChI=1S/C5H11N3O/c1-3-5(7-4-9)8-6-2/h4,6H,3H2,1-2H3,(H,7,8,9). The summed E-state index contributed by atoms with van der Waals surface area (Å²) in [4.78, 5) is 9.83. The molecule has 0 heterocycles. The Morgan fingerprint density at radius 1 is 1.78 bits per heavy atom. The lowest BCUT2D eigenvalue weighted by Crippen LogP contribution is -2.22. The number of hydrazone groups is 1. The molecule has 0 saturated carbocycles. The van der Waals surface area contributed by atoms with E-state index >= 15 is 0 Å². The van der Waals surface area contributed by atoms with Crippen molar-refractivity contribution in [2.75, 3.05) is 7.05 Å². The Kier molecular flexibility index (Phi) is 4.49. The Labute approximate surface area is 54.3 Å². The van der Waals surface area contributed by atoms with Gasteiger partial charge in [-0.15, -0.1) is 0 Å². The molecule has 9 heavy (non-hydrogen) atoms. The smallest absolute Gasteiger partial charge is 0.212 e. The average Bonchev–Trinajstić information content (AvgIpc) is 1.88. The number of hydrogen-bond donors (Lipinski definition) is 2. The highest BCUT2D eigenvalue weighted by atomic mass is 16.1. The van der Waals surface area contributed by atoms with Gasteiger partial charge in [-0.1, -0.05) is 6.92 Å². The van der Waals surface area contributed by atoms with E-state index in [-0.39, 0.29) is 0 Å². The normalized spacial score (nSPS) is 10.7. The van der Waals surface area contributed by atoms with Gasteiger partial charge in [0.05, 0.1) is 0 Å². The van der Waals surface area contributed by atoms with Gasteiger partial charge in [0.25, 0.3) is 0 Å². The largest absolute Gasteiger partial charge is 0.315 e. The summed E-state index contributed by atoms with van der Waals surface area (Å²) in [7, 11) is 1.68. The maximum atomic E-state index is 9.83. The van der Waals surface area contributed by atoms with Gasteiger partial charge >= 0.3 is 0 Å². The monoisotopic (exact) mass is 129 g/mol. The SMILES string of the molecule is CC/C(=N/NC)NC=O. The number of carbonyl (C=O) groups excluding carboxylic acids is 1. The Morgan fingerprint density at radius 2 is 2.44 bits per heavy atom. The maximum absolute atomic E-state index is 9.83. The van der Waals surface area contributed by atoms with Crippen molar-refractivity contribution in [2.45, 2.75) is 13.3 Å². The van der Waals surface area contributed by atoms with E-state index in [2.05, 4.69) is 15.8 Å². The van der Waals surface area contributed by atoms with Gasteiger partial charge in [0.15, 0.2) is 0 Å². The van der Waals surface area contributed by atoms with E-state index in [0.29, 0.717) is 12.2 Å².